The van der Waals surface area contributed by atoms with E-state index in [4.69, 9.17) is 0 Å². The minimum Gasteiger partial charge on any atom is -0.396 e. The van der Waals surface area contributed by atoms with Gasteiger partial charge < -0.3 is 20.0 Å². The fraction of sp³-hybridized carbons (Fsp3) is 0.333. The number of aliphatic hydroxyl groups is 2. The number of nitrogens with zero attached hydrogens (tertiary/aromatic N) is 7. The van der Waals surface area contributed by atoms with Gasteiger partial charge in [-0.3, -0.25) is 10.1 Å². The molecule has 256 valence electrons. The molecule has 6 aromatic rings. The van der Waals surface area contributed by atoms with Gasteiger partial charge in [0.25, 0.3) is 5.69 Å². The molecule has 2 unspecified atom stereocenters. The average molecular weight is 712 g/mol. The van der Waals surface area contributed by atoms with Crippen molar-refractivity contribution in [3.63, 3.8) is 0 Å². The summed E-state index contributed by atoms with van der Waals surface area (Å²) in [6, 6.07) is 13.2. The summed E-state index contributed by atoms with van der Waals surface area (Å²) >= 11 is 3.14. The Morgan fingerprint density at radius 3 is 1.78 bits per heavy atom. The maximum atomic E-state index is 13.2. The van der Waals surface area contributed by atoms with Crippen LogP contribution in [0.15, 0.2) is 71.9 Å². The van der Waals surface area contributed by atoms with Crippen molar-refractivity contribution in [1.29, 1.82) is 0 Å². The van der Waals surface area contributed by atoms with Crippen LogP contribution in [-0.4, -0.2) is 74.5 Å². The first-order valence-corrected chi connectivity index (χ1v) is 18.4. The molecule has 6 heterocycles. The molecule has 9 rings (SSSR count). The number of thiophene rings is 2. The Bertz CT molecular complexity index is 2140. The summed E-state index contributed by atoms with van der Waals surface area (Å²) < 4.78 is 13.2. The minimum atomic E-state index is -0.393. The van der Waals surface area contributed by atoms with Crippen LogP contribution in [0.1, 0.15) is 12.8 Å². The van der Waals surface area contributed by atoms with E-state index in [0.29, 0.717) is 30.3 Å². The smallest absolute Gasteiger partial charge is 0.269 e. The summed E-state index contributed by atoms with van der Waals surface area (Å²) in [6.45, 7) is 4.13. The van der Waals surface area contributed by atoms with Crippen molar-refractivity contribution in [2.45, 2.75) is 12.8 Å². The molecule has 0 amide bonds. The van der Waals surface area contributed by atoms with Crippen LogP contribution in [0.5, 0.6) is 0 Å². The number of nitro groups is 1. The lowest BCUT2D eigenvalue weighted by Crippen LogP contribution is -2.35. The first-order chi connectivity index (χ1) is 24.4. The van der Waals surface area contributed by atoms with E-state index < -0.39 is 4.92 Å². The Morgan fingerprint density at radius 2 is 1.28 bits per heavy atom. The molecule has 1 aliphatic carbocycles. The van der Waals surface area contributed by atoms with Crippen molar-refractivity contribution in [2.75, 3.05) is 49.2 Å². The second-order valence-corrected chi connectivity index (χ2v) is 14.8. The molecule has 2 N–H and O–H groups in total. The lowest BCUT2D eigenvalue weighted by molar-refractivity contribution is -0.384. The van der Waals surface area contributed by atoms with Crippen molar-refractivity contribution in [3.05, 3.63) is 87.9 Å². The predicted molar refractivity (Wildman–Crippen MR) is 194 cm³/mol. The average Bonchev–Trinajstić information content (AvgIpc) is 3.57. The third-order valence-electron chi connectivity index (χ3n) is 10.3. The topological polar surface area (TPSA) is 142 Å². The van der Waals surface area contributed by atoms with Gasteiger partial charge in [-0.1, -0.05) is 12.1 Å². The van der Waals surface area contributed by atoms with E-state index in [1.807, 2.05) is 5.38 Å². The maximum Gasteiger partial charge on any atom is 0.269 e. The molecule has 0 spiro atoms. The van der Waals surface area contributed by atoms with E-state index in [0.717, 1.165) is 93.3 Å². The molecule has 2 aromatic carbocycles. The number of rotatable bonds is 7. The zero-order valence-corrected chi connectivity index (χ0v) is 28.6. The van der Waals surface area contributed by atoms with Gasteiger partial charge in [-0.2, -0.15) is 0 Å². The number of hydrogen-bond donors (Lipinski definition) is 2. The van der Waals surface area contributed by atoms with Crippen LogP contribution in [0.4, 0.5) is 21.7 Å². The van der Waals surface area contributed by atoms with E-state index in [1.54, 1.807) is 59.6 Å². The number of nitro benzene ring substituents is 1. The predicted octanol–water partition coefficient (Wildman–Crippen LogP) is 6.65. The number of aliphatic hydroxyl groups excluding tert-OH is 2. The number of fused-ring (bicyclic) bond motifs is 3. The van der Waals surface area contributed by atoms with Crippen molar-refractivity contribution in [2.24, 2.45) is 23.7 Å². The van der Waals surface area contributed by atoms with Gasteiger partial charge in [0.15, 0.2) is 0 Å². The number of aromatic nitrogens is 4. The maximum absolute atomic E-state index is 13.2. The summed E-state index contributed by atoms with van der Waals surface area (Å²) in [5, 5.41) is 35.7. The molecule has 2 saturated heterocycles. The van der Waals surface area contributed by atoms with Crippen LogP contribution in [0.3, 0.4) is 0 Å². The molecular weight excluding hydrogens is 678 g/mol. The second kappa shape index (κ2) is 13.6. The lowest BCUT2D eigenvalue weighted by Gasteiger charge is -2.32. The van der Waals surface area contributed by atoms with E-state index >= 15 is 0 Å². The highest BCUT2D eigenvalue weighted by molar-refractivity contribution is 7.17. The Balaban J connectivity index is 0.000000145. The molecule has 14 heteroatoms. The van der Waals surface area contributed by atoms with E-state index in [9.17, 15) is 24.7 Å². The van der Waals surface area contributed by atoms with E-state index in [-0.39, 0.29) is 18.1 Å². The quantitative estimate of drug-likeness (QED) is 0.137. The largest absolute Gasteiger partial charge is 0.396 e. The van der Waals surface area contributed by atoms with Crippen LogP contribution in [0.2, 0.25) is 0 Å². The fourth-order valence-corrected chi connectivity index (χ4v) is 9.26. The third-order valence-corrected chi connectivity index (χ3v) is 12.1. The molecule has 2 atom stereocenters. The molecule has 2 aliphatic heterocycles. The number of hydrogen-bond acceptors (Lipinski definition) is 12. The second-order valence-electron chi connectivity index (χ2n) is 13.1. The molecule has 0 radical (unpaired) electrons. The monoisotopic (exact) mass is 711 g/mol. The first-order valence-electron chi connectivity index (χ1n) is 16.6. The molecule has 3 aliphatic rings. The first kappa shape index (κ1) is 32.6. The van der Waals surface area contributed by atoms with Gasteiger partial charge in [0.1, 0.15) is 39.8 Å². The van der Waals surface area contributed by atoms with Crippen LogP contribution < -0.4 is 9.80 Å². The highest BCUT2D eigenvalue weighted by atomic mass is 32.1. The normalized spacial score (nSPS) is 20.2. The SMILES string of the molecule is O=[N+]([O-])c1ccc(-c2csc3ncnc(N4CCC(CO)CC4)c23)cc1.OCC1C2CN(c3ncnc4scc(-c5ccc(F)cc5)c34)CC12. The van der Waals surface area contributed by atoms with Crippen LogP contribution in [0.25, 0.3) is 42.7 Å². The van der Waals surface area contributed by atoms with Crippen molar-refractivity contribution < 1.29 is 19.5 Å². The van der Waals surface area contributed by atoms with Crippen LogP contribution in [-0.2, 0) is 0 Å². The van der Waals surface area contributed by atoms with Gasteiger partial charge in [-0.15, -0.1) is 22.7 Å². The van der Waals surface area contributed by atoms with Gasteiger partial charge in [0, 0.05) is 73.4 Å². The number of halogens is 1. The van der Waals surface area contributed by atoms with Gasteiger partial charge >= 0.3 is 0 Å². The van der Waals surface area contributed by atoms with Crippen LogP contribution >= 0.6 is 22.7 Å². The summed E-state index contributed by atoms with van der Waals surface area (Å²) in [5.74, 6) is 3.65. The van der Waals surface area contributed by atoms with Crippen LogP contribution in [0, 0.1) is 39.6 Å². The molecule has 0 bridgehead atoms. The summed E-state index contributed by atoms with van der Waals surface area (Å²) in [5.41, 5.74) is 4.04. The molecule has 11 nitrogen and oxygen atoms in total. The lowest BCUT2D eigenvalue weighted by atomic mass is 9.97. The summed E-state index contributed by atoms with van der Waals surface area (Å²) in [7, 11) is 0. The van der Waals surface area contributed by atoms with Gasteiger partial charge in [0.05, 0.1) is 15.7 Å². The summed E-state index contributed by atoms with van der Waals surface area (Å²) in [4.78, 5) is 34.8. The zero-order chi connectivity index (χ0) is 34.4. The van der Waals surface area contributed by atoms with E-state index in [2.05, 4.69) is 35.1 Å². The number of benzene rings is 2. The molecule has 3 fully saturated rings. The highest BCUT2D eigenvalue weighted by Gasteiger charge is 2.55. The highest BCUT2D eigenvalue weighted by Crippen LogP contribution is 2.53. The van der Waals surface area contributed by atoms with Gasteiger partial charge in [-0.05, 0) is 71.9 Å². The number of non-ortho nitro benzene ring substituents is 1. The third kappa shape index (κ3) is 6.06. The Labute approximate surface area is 294 Å². The summed E-state index contributed by atoms with van der Waals surface area (Å²) in [6.07, 6.45) is 5.10. The Hall–Kier alpha value is -4.63. The van der Waals surface area contributed by atoms with Gasteiger partial charge in [0.2, 0.25) is 0 Å². The fourth-order valence-electron chi connectivity index (χ4n) is 7.44. The molecule has 50 heavy (non-hydrogen) atoms. The van der Waals surface area contributed by atoms with E-state index in [1.165, 1.54) is 24.3 Å². The molecule has 1 saturated carbocycles. The molecular formula is C36H34FN7O4S2. The number of piperidine rings is 2. The Morgan fingerprint density at radius 1 is 0.760 bits per heavy atom. The number of anilines is 2. The standard InChI is InChI=1S/C18H16FN3OS.C18H18N4O3S/c19-11-3-1-10(2-4-11)15-8-24-18-16(15)17(20-9-21-18)22-5-12-13(6-22)14(12)7-23;23-9-12-5-7-21(8-6-12)17-16-15(10-26-18(16)20-11-19-17)13-1-3-14(4-2-13)22(24)25/h1-4,8-9,12-14,23H,5-7H2;1-4,10-12,23H,5-9H2. The van der Waals surface area contributed by atoms with Gasteiger partial charge in [-0.25, -0.2) is 24.3 Å². The Kier molecular flexibility index (Phi) is 8.85. The zero-order valence-electron chi connectivity index (χ0n) is 26.9. The van der Waals surface area contributed by atoms with Crippen molar-refractivity contribution >= 4 is 60.4 Å². The van der Waals surface area contributed by atoms with Crippen molar-refractivity contribution in [1.82, 2.24) is 19.9 Å². The van der Waals surface area contributed by atoms with Crippen molar-refractivity contribution in [3.8, 4) is 22.3 Å². The molecule has 4 aromatic heterocycles. The minimum absolute atomic E-state index is 0.0795.